The molecule has 2 atom stereocenters. The summed E-state index contributed by atoms with van der Waals surface area (Å²) in [6.45, 7) is 0.572. The fourth-order valence-corrected chi connectivity index (χ4v) is 2.05. The van der Waals surface area contributed by atoms with Gasteiger partial charge in [-0.1, -0.05) is 11.2 Å². The third-order valence-corrected chi connectivity index (χ3v) is 2.95. The summed E-state index contributed by atoms with van der Waals surface area (Å²) in [5.41, 5.74) is 0.907. The molecule has 0 unspecified atom stereocenters. The van der Waals surface area contributed by atoms with Crippen LogP contribution >= 0.6 is 0 Å². The molecular weight excluding hydrogens is 232 g/mol. The first-order chi connectivity index (χ1) is 8.81. The van der Waals surface area contributed by atoms with Crippen molar-refractivity contribution in [2.45, 2.75) is 25.0 Å². The van der Waals surface area contributed by atoms with Gasteiger partial charge in [-0.05, 0) is 18.6 Å². The van der Waals surface area contributed by atoms with Gasteiger partial charge >= 0.3 is 0 Å². The van der Waals surface area contributed by atoms with Crippen LogP contribution in [0.25, 0.3) is 0 Å². The number of aliphatic hydroxyl groups excluding tert-OH is 1. The Bertz CT molecular complexity index is 514. The molecule has 0 aromatic carbocycles. The van der Waals surface area contributed by atoms with Gasteiger partial charge in [-0.3, -0.25) is 4.98 Å². The quantitative estimate of drug-likeness (QED) is 0.818. The second kappa shape index (κ2) is 4.83. The fourth-order valence-electron chi connectivity index (χ4n) is 2.05. The van der Waals surface area contributed by atoms with Crippen LogP contribution in [0.5, 0.6) is 0 Å². The molecule has 1 aliphatic rings. The number of hydrogen-bond donors (Lipinski definition) is 2. The van der Waals surface area contributed by atoms with Crippen molar-refractivity contribution in [1.82, 2.24) is 20.4 Å². The summed E-state index contributed by atoms with van der Waals surface area (Å²) in [5.74, 6) is 1.16. The van der Waals surface area contributed by atoms with E-state index in [4.69, 9.17) is 4.52 Å². The van der Waals surface area contributed by atoms with E-state index in [-0.39, 0.29) is 12.1 Å². The minimum absolute atomic E-state index is 0.0371. The second-order valence-electron chi connectivity index (χ2n) is 4.40. The highest BCUT2D eigenvalue weighted by atomic mass is 16.5. The van der Waals surface area contributed by atoms with Crippen LogP contribution < -0.4 is 5.32 Å². The molecule has 0 spiro atoms. The molecule has 1 saturated heterocycles. The molecule has 2 aromatic heterocycles. The number of nitrogens with one attached hydrogen (secondary N) is 1. The van der Waals surface area contributed by atoms with Crippen molar-refractivity contribution in [3.63, 3.8) is 0 Å². The third-order valence-electron chi connectivity index (χ3n) is 2.95. The van der Waals surface area contributed by atoms with E-state index in [0.29, 0.717) is 31.1 Å². The largest absolute Gasteiger partial charge is 0.392 e. The van der Waals surface area contributed by atoms with Crippen LogP contribution in [0.2, 0.25) is 0 Å². The Hall–Kier alpha value is -1.79. The highest BCUT2D eigenvalue weighted by Gasteiger charge is 2.28. The second-order valence-corrected chi connectivity index (χ2v) is 4.40. The Morgan fingerprint density at radius 3 is 3.11 bits per heavy atom. The molecular formula is C12H14N4O2. The summed E-state index contributed by atoms with van der Waals surface area (Å²) in [6.07, 6.45) is 2.58. The molecule has 6 heteroatoms. The Balaban J connectivity index is 1.70. The van der Waals surface area contributed by atoms with Gasteiger partial charge in [0.25, 0.3) is 0 Å². The van der Waals surface area contributed by atoms with Crippen molar-refractivity contribution in [1.29, 1.82) is 0 Å². The first-order valence-electron chi connectivity index (χ1n) is 5.95. The Morgan fingerprint density at radius 1 is 1.44 bits per heavy atom. The molecule has 3 rings (SSSR count). The predicted molar refractivity (Wildman–Crippen MR) is 62.7 cm³/mol. The molecule has 2 N–H and O–H groups in total. The van der Waals surface area contributed by atoms with E-state index in [2.05, 4.69) is 20.4 Å². The minimum atomic E-state index is -0.332. The lowest BCUT2D eigenvalue weighted by molar-refractivity contribution is 0.191. The van der Waals surface area contributed by atoms with Crippen molar-refractivity contribution in [2.24, 2.45) is 0 Å². The summed E-state index contributed by atoms with van der Waals surface area (Å²) in [4.78, 5) is 8.55. The molecule has 2 aromatic rings. The Morgan fingerprint density at radius 2 is 2.39 bits per heavy atom. The maximum atomic E-state index is 9.44. The van der Waals surface area contributed by atoms with E-state index < -0.39 is 0 Å². The highest BCUT2D eigenvalue weighted by Crippen LogP contribution is 2.21. The van der Waals surface area contributed by atoms with Crippen LogP contribution in [0.15, 0.2) is 28.9 Å². The molecule has 0 bridgehead atoms. The molecule has 0 amide bonds. The number of aliphatic hydroxyl groups is 1. The molecule has 1 fully saturated rings. The van der Waals surface area contributed by atoms with Gasteiger partial charge < -0.3 is 14.9 Å². The smallest absolute Gasteiger partial charge is 0.243 e. The average molecular weight is 246 g/mol. The standard InChI is InChI=1S/C12H14N4O2/c17-9-6-10(14-7-9)12-15-11(16-18-12)5-8-3-1-2-4-13-8/h1-4,9-10,14,17H,5-7H2/t9-,10+/m0/s1. The lowest BCUT2D eigenvalue weighted by Gasteiger charge is -2.01. The van der Waals surface area contributed by atoms with E-state index in [1.54, 1.807) is 6.20 Å². The number of rotatable bonds is 3. The van der Waals surface area contributed by atoms with E-state index in [1.165, 1.54) is 0 Å². The van der Waals surface area contributed by atoms with Gasteiger partial charge in [0.15, 0.2) is 5.82 Å². The summed E-state index contributed by atoms with van der Waals surface area (Å²) < 4.78 is 5.21. The van der Waals surface area contributed by atoms with Crippen molar-refractivity contribution in [3.05, 3.63) is 41.8 Å². The third kappa shape index (κ3) is 2.39. The highest BCUT2D eigenvalue weighted by molar-refractivity contribution is 5.09. The Labute approximate surface area is 104 Å². The predicted octanol–water partition coefficient (Wildman–Crippen LogP) is 0.451. The lowest BCUT2D eigenvalue weighted by Crippen LogP contribution is -2.15. The van der Waals surface area contributed by atoms with Gasteiger partial charge in [0.05, 0.1) is 18.6 Å². The maximum Gasteiger partial charge on any atom is 0.243 e. The van der Waals surface area contributed by atoms with Gasteiger partial charge in [-0.15, -0.1) is 0 Å². The van der Waals surface area contributed by atoms with Gasteiger partial charge in [0, 0.05) is 18.4 Å². The van der Waals surface area contributed by atoms with Crippen molar-refractivity contribution in [2.75, 3.05) is 6.54 Å². The summed E-state index contributed by atoms with van der Waals surface area (Å²) in [7, 11) is 0. The van der Waals surface area contributed by atoms with Gasteiger partial charge in [-0.2, -0.15) is 4.98 Å². The molecule has 0 aliphatic carbocycles. The van der Waals surface area contributed by atoms with Crippen molar-refractivity contribution in [3.8, 4) is 0 Å². The molecule has 18 heavy (non-hydrogen) atoms. The van der Waals surface area contributed by atoms with E-state index in [0.717, 1.165) is 5.69 Å². The van der Waals surface area contributed by atoms with Crippen LogP contribution in [0.4, 0.5) is 0 Å². The number of aromatic nitrogens is 3. The zero-order chi connectivity index (χ0) is 12.4. The first kappa shape index (κ1) is 11.3. The number of hydrogen-bond acceptors (Lipinski definition) is 6. The van der Waals surface area contributed by atoms with Gasteiger partial charge in [-0.25, -0.2) is 0 Å². The topological polar surface area (TPSA) is 84.1 Å². The molecule has 6 nitrogen and oxygen atoms in total. The van der Waals surface area contributed by atoms with Crippen LogP contribution in [0.1, 0.15) is 29.9 Å². The van der Waals surface area contributed by atoms with Crippen LogP contribution in [0.3, 0.4) is 0 Å². The van der Waals surface area contributed by atoms with E-state index in [9.17, 15) is 5.11 Å². The lowest BCUT2D eigenvalue weighted by atomic mass is 10.2. The maximum absolute atomic E-state index is 9.44. The minimum Gasteiger partial charge on any atom is -0.392 e. The number of pyridine rings is 1. The first-order valence-corrected chi connectivity index (χ1v) is 5.95. The monoisotopic (exact) mass is 246 g/mol. The molecule has 1 aliphatic heterocycles. The Kier molecular flexibility index (Phi) is 3.04. The zero-order valence-corrected chi connectivity index (χ0v) is 9.78. The van der Waals surface area contributed by atoms with Crippen molar-refractivity contribution >= 4 is 0 Å². The molecule has 3 heterocycles. The van der Waals surface area contributed by atoms with Crippen LogP contribution in [0, 0.1) is 0 Å². The molecule has 94 valence electrons. The SMILES string of the molecule is O[C@@H]1CN[C@@H](c2nc(Cc3ccccn3)no2)C1. The molecule has 0 saturated carbocycles. The molecule has 0 radical (unpaired) electrons. The normalized spacial score (nSPS) is 23.4. The zero-order valence-electron chi connectivity index (χ0n) is 9.78. The number of β-amino-alcohol motifs (C(OH)–C–C–N with tert-alkyl or cyclic N) is 1. The van der Waals surface area contributed by atoms with Crippen LogP contribution in [-0.4, -0.2) is 32.9 Å². The number of nitrogens with zero attached hydrogens (tertiary/aromatic N) is 3. The fraction of sp³-hybridized carbons (Fsp3) is 0.417. The summed E-state index contributed by atoms with van der Waals surface area (Å²) in [5, 5.41) is 16.5. The van der Waals surface area contributed by atoms with E-state index in [1.807, 2.05) is 18.2 Å². The van der Waals surface area contributed by atoms with Crippen molar-refractivity contribution < 1.29 is 9.63 Å². The average Bonchev–Trinajstić information content (AvgIpc) is 2.99. The van der Waals surface area contributed by atoms with Gasteiger partial charge in [0.1, 0.15) is 0 Å². The summed E-state index contributed by atoms with van der Waals surface area (Å²) >= 11 is 0. The summed E-state index contributed by atoms with van der Waals surface area (Å²) in [6, 6.07) is 5.69. The van der Waals surface area contributed by atoms with E-state index >= 15 is 0 Å². The van der Waals surface area contributed by atoms with Gasteiger partial charge in [0.2, 0.25) is 5.89 Å². The van der Waals surface area contributed by atoms with Crippen LogP contribution in [-0.2, 0) is 6.42 Å².